The van der Waals surface area contributed by atoms with Crippen molar-refractivity contribution in [3.63, 3.8) is 0 Å². The van der Waals surface area contributed by atoms with Gasteiger partial charge in [0.2, 0.25) is 17.6 Å². The van der Waals surface area contributed by atoms with Crippen LogP contribution in [-0.2, 0) is 11.2 Å². The molecule has 1 unspecified atom stereocenters. The number of likely N-dealkylation sites (tertiary alicyclic amines) is 1. The van der Waals surface area contributed by atoms with Gasteiger partial charge in [-0.05, 0) is 37.1 Å². The molecule has 142 valence electrons. The van der Waals surface area contributed by atoms with Gasteiger partial charge < -0.3 is 18.8 Å². The van der Waals surface area contributed by atoms with E-state index in [0.29, 0.717) is 30.3 Å². The Labute approximate surface area is 160 Å². The monoisotopic (exact) mass is 377 g/mol. The van der Waals surface area contributed by atoms with Crippen molar-refractivity contribution in [2.75, 3.05) is 6.54 Å². The summed E-state index contributed by atoms with van der Waals surface area (Å²) in [5, 5.41) is 3.90. The Bertz CT molecular complexity index is 1070. The predicted molar refractivity (Wildman–Crippen MR) is 100 cm³/mol. The summed E-state index contributed by atoms with van der Waals surface area (Å²) in [6.45, 7) is 0.738. The third-order valence-corrected chi connectivity index (χ3v) is 5.06. The first kappa shape index (κ1) is 16.7. The number of rotatable bonds is 5. The van der Waals surface area contributed by atoms with E-state index in [9.17, 15) is 4.79 Å². The summed E-state index contributed by atoms with van der Waals surface area (Å²) in [5.41, 5.74) is 1.92. The summed E-state index contributed by atoms with van der Waals surface area (Å²) >= 11 is 0. The molecule has 1 fully saturated rings. The molecule has 1 aliphatic rings. The molecular formula is C20H19N5O3. The molecule has 1 aromatic carbocycles. The van der Waals surface area contributed by atoms with Gasteiger partial charge in [-0.1, -0.05) is 17.3 Å². The van der Waals surface area contributed by atoms with Gasteiger partial charge >= 0.3 is 0 Å². The van der Waals surface area contributed by atoms with Crippen molar-refractivity contribution in [1.29, 1.82) is 0 Å². The van der Waals surface area contributed by atoms with E-state index in [0.717, 1.165) is 36.2 Å². The minimum absolute atomic E-state index is 0.0127. The number of carbonyl (C=O) groups is 1. The third-order valence-electron chi connectivity index (χ3n) is 5.06. The van der Waals surface area contributed by atoms with E-state index >= 15 is 0 Å². The molecule has 1 saturated heterocycles. The Morgan fingerprint density at radius 1 is 1.21 bits per heavy atom. The SMILES string of the molecule is O=C(CCc1nc(-c2ccco2)no1)N1CCCC1c1nc2ccccc2[nH]1. The van der Waals surface area contributed by atoms with Crippen molar-refractivity contribution < 1.29 is 13.7 Å². The van der Waals surface area contributed by atoms with Crippen molar-refractivity contribution in [3.8, 4) is 11.6 Å². The lowest BCUT2D eigenvalue weighted by molar-refractivity contribution is -0.132. The molecule has 28 heavy (non-hydrogen) atoms. The average molecular weight is 377 g/mol. The van der Waals surface area contributed by atoms with Crippen LogP contribution in [0.2, 0.25) is 0 Å². The lowest BCUT2D eigenvalue weighted by Gasteiger charge is -2.23. The smallest absolute Gasteiger partial charge is 0.238 e. The van der Waals surface area contributed by atoms with E-state index in [2.05, 4.69) is 20.1 Å². The Balaban J connectivity index is 1.27. The molecule has 5 rings (SSSR count). The largest absolute Gasteiger partial charge is 0.461 e. The molecule has 4 heterocycles. The second-order valence-corrected chi connectivity index (χ2v) is 6.87. The molecular weight excluding hydrogens is 358 g/mol. The van der Waals surface area contributed by atoms with Crippen LogP contribution < -0.4 is 0 Å². The van der Waals surface area contributed by atoms with Crippen molar-refractivity contribution >= 4 is 16.9 Å². The lowest BCUT2D eigenvalue weighted by Crippen LogP contribution is -2.31. The second kappa shape index (κ2) is 6.95. The number of aromatic amines is 1. The number of benzene rings is 1. The van der Waals surface area contributed by atoms with E-state index in [4.69, 9.17) is 8.94 Å². The van der Waals surface area contributed by atoms with E-state index in [-0.39, 0.29) is 11.9 Å². The number of aryl methyl sites for hydroxylation is 1. The molecule has 3 aromatic heterocycles. The average Bonchev–Trinajstić information content (AvgIpc) is 3.50. The van der Waals surface area contributed by atoms with Crippen LogP contribution >= 0.6 is 0 Å². The number of nitrogens with one attached hydrogen (secondary N) is 1. The minimum Gasteiger partial charge on any atom is -0.461 e. The number of furan rings is 1. The fraction of sp³-hybridized carbons (Fsp3) is 0.300. The Kier molecular flexibility index (Phi) is 4.16. The fourth-order valence-corrected chi connectivity index (χ4v) is 3.70. The van der Waals surface area contributed by atoms with Gasteiger partial charge in [0.15, 0.2) is 5.76 Å². The first-order valence-electron chi connectivity index (χ1n) is 9.38. The van der Waals surface area contributed by atoms with Gasteiger partial charge in [-0.3, -0.25) is 4.79 Å². The van der Waals surface area contributed by atoms with Crippen LogP contribution in [0.3, 0.4) is 0 Å². The molecule has 0 saturated carbocycles. The molecule has 0 spiro atoms. The first-order chi connectivity index (χ1) is 13.8. The first-order valence-corrected chi connectivity index (χ1v) is 9.38. The van der Waals surface area contributed by atoms with Crippen LogP contribution in [0.25, 0.3) is 22.6 Å². The topological polar surface area (TPSA) is 101 Å². The lowest BCUT2D eigenvalue weighted by atomic mass is 10.2. The Morgan fingerprint density at radius 2 is 2.14 bits per heavy atom. The Hall–Kier alpha value is -3.42. The highest BCUT2D eigenvalue weighted by molar-refractivity contribution is 5.78. The zero-order valence-electron chi connectivity index (χ0n) is 15.2. The van der Waals surface area contributed by atoms with Crippen LogP contribution in [0.5, 0.6) is 0 Å². The fourth-order valence-electron chi connectivity index (χ4n) is 3.70. The predicted octanol–water partition coefficient (Wildman–Crippen LogP) is 3.50. The number of hydrogen-bond acceptors (Lipinski definition) is 6. The van der Waals surface area contributed by atoms with E-state index < -0.39 is 0 Å². The van der Waals surface area contributed by atoms with Gasteiger partial charge in [-0.15, -0.1) is 0 Å². The number of para-hydroxylation sites is 2. The molecule has 1 aliphatic heterocycles. The van der Waals surface area contributed by atoms with Crippen LogP contribution in [0.15, 0.2) is 51.6 Å². The van der Waals surface area contributed by atoms with Gasteiger partial charge in [0.05, 0.1) is 23.3 Å². The van der Waals surface area contributed by atoms with E-state index in [1.54, 1.807) is 18.4 Å². The summed E-state index contributed by atoms with van der Waals surface area (Å²) in [6, 6.07) is 11.4. The maximum absolute atomic E-state index is 12.8. The van der Waals surface area contributed by atoms with Gasteiger partial charge in [0.25, 0.3) is 0 Å². The van der Waals surface area contributed by atoms with Crippen molar-refractivity contribution in [1.82, 2.24) is 25.0 Å². The number of hydrogen-bond donors (Lipinski definition) is 1. The molecule has 1 N–H and O–H groups in total. The zero-order chi connectivity index (χ0) is 18.9. The van der Waals surface area contributed by atoms with Crippen LogP contribution in [-0.4, -0.2) is 37.5 Å². The van der Waals surface area contributed by atoms with E-state index in [1.165, 1.54) is 0 Å². The summed E-state index contributed by atoms with van der Waals surface area (Å²) in [4.78, 5) is 27.1. The highest BCUT2D eigenvalue weighted by Crippen LogP contribution is 2.32. The normalized spacial score (nSPS) is 16.9. The highest BCUT2D eigenvalue weighted by Gasteiger charge is 2.32. The maximum atomic E-state index is 12.8. The van der Waals surface area contributed by atoms with Gasteiger partial charge in [0.1, 0.15) is 5.82 Å². The summed E-state index contributed by atoms with van der Waals surface area (Å²) in [7, 11) is 0. The maximum Gasteiger partial charge on any atom is 0.238 e. The molecule has 0 aliphatic carbocycles. The summed E-state index contributed by atoms with van der Waals surface area (Å²) in [6.07, 6.45) is 4.15. The standard InChI is InChI=1S/C20H19N5O3/c26-18(10-9-17-23-20(24-28-17)16-8-4-12-27-16)25-11-3-7-15(25)19-21-13-5-1-2-6-14(13)22-19/h1-2,4-6,8,12,15H,3,7,9-11H2,(H,21,22). The molecule has 0 radical (unpaired) electrons. The number of H-pyrrole nitrogens is 1. The number of nitrogens with zero attached hydrogens (tertiary/aromatic N) is 4. The van der Waals surface area contributed by atoms with Gasteiger partial charge in [-0.2, -0.15) is 4.98 Å². The third kappa shape index (κ3) is 3.06. The Morgan fingerprint density at radius 3 is 3.00 bits per heavy atom. The van der Waals surface area contributed by atoms with Crippen LogP contribution in [0.4, 0.5) is 0 Å². The molecule has 0 bridgehead atoms. The number of fused-ring (bicyclic) bond motifs is 1. The van der Waals surface area contributed by atoms with E-state index in [1.807, 2.05) is 29.2 Å². The van der Waals surface area contributed by atoms with Crippen molar-refractivity contribution in [3.05, 3.63) is 54.4 Å². The van der Waals surface area contributed by atoms with Gasteiger partial charge in [-0.25, -0.2) is 4.98 Å². The molecule has 4 aromatic rings. The molecule has 8 heteroatoms. The minimum atomic E-state index is -0.0127. The summed E-state index contributed by atoms with van der Waals surface area (Å²) < 4.78 is 10.5. The number of amides is 1. The molecule has 1 atom stereocenters. The summed E-state index contributed by atoms with van der Waals surface area (Å²) in [5.74, 6) is 2.30. The van der Waals surface area contributed by atoms with Crippen LogP contribution in [0, 0.1) is 0 Å². The quantitative estimate of drug-likeness (QED) is 0.571. The van der Waals surface area contributed by atoms with Gasteiger partial charge in [0, 0.05) is 19.4 Å². The van der Waals surface area contributed by atoms with Crippen molar-refractivity contribution in [2.45, 2.75) is 31.7 Å². The highest BCUT2D eigenvalue weighted by atomic mass is 16.5. The molecule has 8 nitrogen and oxygen atoms in total. The van der Waals surface area contributed by atoms with Crippen molar-refractivity contribution in [2.24, 2.45) is 0 Å². The number of carbonyl (C=O) groups excluding carboxylic acids is 1. The zero-order valence-corrected chi connectivity index (χ0v) is 15.2. The second-order valence-electron chi connectivity index (χ2n) is 6.87. The number of imidazole rings is 1. The van der Waals surface area contributed by atoms with Crippen LogP contribution in [0.1, 0.15) is 37.0 Å². The number of aromatic nitrogens is 4. The molecule has 1 amide bonds.